The fourth-order valence-electron chi connectivity index (χ4n) is 2.57. The third-order valence-electron chi connectivity index (χ3n) is 4.17. The van der Waals surface area contributed by atoms with Crippen LogP contribution in [0.3, 0.4) is 0 Å². The van der Waals surface area contributed by atoms with Crippen molar-refractivity contribution >= 4 is 0 Å². The molecule has 3 aromatic rings. The summed E-state index contributed by atoms with van der Waals surface area (Å²) < 4.78 is 5.15. The summed E-state index contributed by atoms with van der Waals surface area (Å²) in [5, 5.41) is 22.0. The summed E-state index contributed by atoms with van der Waals surface area (Å²) in [5.41, 5.74) is 0.00190. The lowest BCUT2D eigenvalue weighted by atomic mass is 9.91. The van der Waals surface area contributed by atoms with Gasteiger partial charge in [0.15, 0.2) is 0 Å². The Hall–Kier alpha value is -3.50. The van der Waals surface area contributed by atoms with Crippen LogP contribution in [0.5, 0.6) is 5.75 Å². The molecule has 3 rings (SSSR count). The number of aliphatic hydroxyl groups excluding tert-OH is 1. The van der Waals surface area contributed by atoms with Gasteiger partial charge >= 0.3 is 0 Å². The highest BCUT2D eigenvalue weighted by atomic mass is 16.5. The van der Waals surface area contributed by atoms with Crippen LogP contribution in [0.15, 0.2) is 84.9 Å². The van der Waals surface area contributed by atoms with E-state index in [1.807, 2.05) is 60.7 Å². The van der Waals surface area contributed by atoms with E-state index in [1.165, 1.54) is 0 Å². The summed E-state index contributed by atoms with van der Waals surface area (Å²) in [6.07, 6.45) is -1.31. The van der Waals surface area contributed by atoms with Crippen LogP contribution in [0.2, 0.25) is 0 Å². The number of ether oxygens (including phenoxy) is 1. The first-order valence-electron chi connectivity index (χ1n) is 8.81. The molecule has 28 heavy (non-hydrogen) atoms. The topological polar surface area (TPSA) is 49.7 Å². The Morgan fingerprint density at radius 1 is 0.750 bits per heavy atom. The van der Waals surface area contributed by atoms with Gasteiger partial charge in [0.2, 0.25) is 5.60 Å². The van der Waals surface area contributed by atoms with Crippen LogP contribution in [0.1, 0.15) is 22.8 Å². The second kappa shape index (κ2) is 8.93. The molecule has 0 fully saturated rings. The van der Waals surface area contributed by atoms with Crippen LogP contribution in [-0.4, -0.2) is 22.9 Å². The van der Waals surface area contributed by atoms with Crippen LogP contribution in [0.25, 0.3) is 0 Å². The predicted octanol–water partition coefficient (Wildman–Crippen LogP) is 3.56. The van der Waals surface area contributed by atoms with E-state index in [0.717, 1.165) is 11.1 Å². The van der Waals surface area contributed by atoms with Crippen LogP contribution in [-0.2, 0) is 0 Å². The van der Waals surface area contributed by atoms with Crippen molar-refractivity contribution in [3.8, 4) is 29.4 Å². The first-order valence-corrected chi connectivity index (χ1v) is 8.81. The minimum Gasteiger partial charge on any atom is -0.497 e. The molecule has 3 nitrogen and oxygen atoms in total. The second-order valence-electron chi connectivity index (χ2n) is 6.17. The van der Waals surface area contributed by atoms with Gasteiger partial charge in [-0.05, 0) is 53.8 Å². The lowest BCUT2D eigenvalue weighted by molar-refractivity contribution is 0.00696. The maximum Gasteiger partial charge on any atom is 0.218 e. The van der Waals surface area contributed by atoms with Crippen molar-refractivity contribution in [2.75, 3.05) is 7.11 Å². The molecule has 1 atom stereocenters. The number of aliphatic hydroxyl groups is 2. The lowest BCUT2D eigenvalue weighted by Gasteiger charge is -2.23. The van der Waals surface area contributed by atoms with Crippen molar-refractivity contribution in [3.05, 3.63) is 102 Å². The van der Waals surface area contributed by atoms with Crippen molar-refractivity contribution in [2.24, 2.45) is 0 Å². The Balaban J connectivity index is 2.00. The predicted molar refractivity (Wildman–Crippen MR) is 110 cm³/mol. The average Bonchev–Trinajstić information content (AvgIpc) is 2.77. The van der Waals surface area contributed by atoms with Gasteiger partial charge in [-0.2, -0.15) is 0 Å². The molecule has 2 N–H and O–H groups in total. The summed E-state index contributed by atoms with van der Waals surface area (Å²) in [6, 6.07) is 25.3. The average molecular weight is 368 g/mol. The molecule has 0 aliphatic carbocycles. The van der Waals surface area contributed by atoms with Crippen molar-refractivity contribution in [3.63, 3.8) is 0 Å². The molecule has 0 aromatic heterocycles. The summed E-state index contributed by atoms with van der Waals surface area (Å²) in [5.74, 6) is 12.0. The van der Waals surface area contributed by atoms with Gasteiger partial charge in [0, 0.05) is 11.1 Å². The van der Waals surface area contributed by atoms with Gasteiger partial charge in [0.05, 0.1) is 7.11 Å². The van der Waals surface area contributed by atoms with E-state index >= 15 is 0 Å². The molecule has 138 valence electrons. The largest absolute Gasteiger partial charge is 0.497 e. The first kappa shape index (κ1) is 19.3. The number of hydrogen-bond acceptors (Lipinski definition) is 3. The molecule has 0 heterocycles. The zero-order chi connectivity index (χ0) is 19.8. The molecule has 0 unspecified atom stereocenters. The van der Waals surface area contributed by atoms with Gasteiger partial charge in [0.1, 0.15) is 11.9 Å². The molecule has 0 radical (unpaired) electrons. The van der Waals surface area contributed by atoms with E-state index < -0.39 is 11.7 Å². The Labute approximate surface area is 165 Å². The quantitative estimate of drug-likeness (QED) is 0.695. The molecule has 0 amide bonds. The molecule has 3 heteroatoms. The molecular formula is C25H20O3. The van der Waals surface area contributed by atoms with E-state index in [1.54, 1.807) is 31.4 Å². The molecule has 0 saturated carbocycles. The van der Waals surface area contributed by atoms with Crippen molar-refractivity contribution in [1.82, 2.24) is 0 Å². The highest BCUT2D eigenvalue weighted by molar-refractivity contribution is 5.46. The van der Waals surface area contributed by atoms with Gasteiger partial charge in [0.25, 0.3) is 0 Å². The number of hydrogen-bond donors (Lipinski definition) is 2. The monoisotopic (exact) mass is 368 g/mol. The number of methoxy groups -OCH3 is 1. The van der Waals surface area contributed by atoms with Crippen LogP contribution in [0, 0.1) is 23.7 Å². The van der Waals surface area contributed by atoms with Gasteiger partial charge in [-0.15, -0.1) is 0 Å². The zero-order valence-electron chi connectivity index (χ0n) is 15.5. The molecule has 0 aliphatic rings. The molecule has 0 spiro atoms. The minimum absolute atomic E-state index is 0.494. The van der Waals surface area contributed by atoms with Crippen LogP contribution >= 0.6 is 0 Å². The summed E-state index contributed by atoms with van der Waals surface area (Å²) in [6.45, 7) is 0. The summed E-state index contributed by atoms with van der Waals surface area (Å²) in [4.78, 5) is 0. The first-order chi connectivity index (χ1) is 13.6. The molecule has 0 saturated heterocycles. The van der Waals surface area contributed by atoms with Gasteiger partial charge in [-0.25, -0.2) is 0 Å². The maximum absolute atomic E-state index is 11.2. The maximum atomic E-state index is 11.2. The zero-order valence-corrected chi connectivity index (χ0v) is 15.5. The molecule has 3 aromatic carbocycles. The van der Waals surface area contributed by atoms with E-state index in [0.29, 0.717) is 11.3 Å². The fraction of sp³-hybridized carbons (Fsp3) is 0.120. The Morgan fingerprint density at radius 3 is 1.64 bits per heavy atom. The lowest BCUT2D eigenvalue weighted by Crippen LogP contribution is -2.33. The third-order valence-corrected chi connectivity index (χ3v) is 4.17. The second-order valence-corrected chi connectivity index (χ2v) is 6.17. The van der Waals surface area contributed by atoms with Crippen molar-refractivity contribution < 1.29 is 14.9 Å². The molecule has 0 bridgehead atoms. The van der Waals surface area contributed by atoms with Crippen molar-refractivity contribution in [2.45, 2.75) is 11.7 Å². The van der Waals surface area contributed by atoms with E-state index in [9.17, 15) is 10.2 Å². The standard InChI is InChI=1S/C25H20O3/c1-28-23-14-12-22(13-15-23)24(26)25(27,18-16-20-8-4-2-5-9-20)19-17-21-10-6-3-7-11-21/h2-15,24,26-27H,1H3/t24-/m0/s1. The SMILES string of the molecule is COc1ccc([C@H](O)C(O)(C#Cc2ccccc2)C#Cc2ccccc2)cc1. The highest BCUT2D eigenvalue weighted by Gasteiger charge is 2.33. The highest BCUT2D eigenvalue weighted by Crippen LogP contribution is 2.27. The van der Waals surface area contributed by atoms with Crippen LogP contribution in [0.4, 0.5) is 0 Å². The van der Waals surface area contributed by atoms with Gasteiger partial charge < -0.3 is 14.9 Å². The summed E-state index contributed by atoms with van der Waals surface area (Å²) in [7, 11) is 1.57. The van der Waals surface area contributed by atoms with E-state index in [4.69, 9.17) is 4.74 Å². The Bertz CT molecular complexity index is 960. The van der Waals surface area contributed by atoms with E-state index in [2.05, 4.69) is 23.7 Å². The van der Waals surface area contributed by atoms with Crippen molar-refractivity contribution in [1.29, 1.82) is 0 Å². The Morgan fingerprint density at radius 2 is 1.21 bits per heavy atom. The van der Waals surface area contributed by atoms with Crippen LogP contribution < -0.4 is 4.74 Å². The third kappa shape index (κ3) is 4.81. The van der Waals surface area contributed by atoms with Gasteiger partial charge in [-0.1, -0.05) is 60.4 Å². The molecule has 0 aliphatic heterocycles. The summed E-state index contributed by atoms with van der Waals surface area (Å²) >= 11 is 0. The normalized spacial score (nSPS) is 11.4. The number of rotatable bonds is 3. The smallest absolute Gasteiger partial charge is 0.218 e. The number of benzene rings is 3. The Kier molecular flexibility index (Phi) is 6.14. The van der Waals surface area contributed by atoms with E-state index in [-0.39, 0.29) is 0 Å². The minimum atomic E-state index is -1.94. The fourth-order valence-corrected chi connectivity index (χ4v) is 2.57. The molecular weight excluding hydrogens is 348 g/mol. The van der Waals surface area contributed by atoms with Gasteiger partial charge in [-0.3, -0.25) is 0 Å².